The maximum absolute atomic E-state index is 14.6. The number of hydrogen-bond donors (Lipinski definition) is 4. The van der Waals surface area contributed by atoms with Gasteiger partial charge in [0, 0.05) is 35.9 Å². The Kier molecular flexibility index (Phi) is 6.50. The molecule has 1 aliphatic carbocycles. The number of H-pyrrole nitrogens is 1. The highest BCUT2D eigenvalue weighted by atomic mass is 35.5. The van der Waals surface area contributed by atoms with Crippen LogP contribution in [0, 0.1) is 5.82 Å². The highest BCUT2D eigenvalue weighted by molar-refractivity contribution is 6.31. The zero-order valence-corrected chi connectivity index (χ0v) is 18.0. The molecule has 3 aromatic rings. The number of hydrogen-bond acceptors (Lipinski definition) is 5. The fraction of sp³-hybridized carbons (Fsp3) is 0.429. The number of amides is 2. The van der Waals surface area contributed by atoms with Gasteiger partial charge >= 0.3 is 6.03 Å². The lowest BCUT2D eigenvalue weighted by Crippen LogP contribution is -2.51. The molecule has 3 aromatic heterocycles. The molecule has 1 fully saturated rings. The molecule has 1 aliphatic rings. The van der Waals surface area contributed by atoms with Crippen molar-refractivity contribution in [2.45, 2.75) is 51.1 Å². The minimum Gasteiger partial charge on any atom is -0.363 e. The summed E-state index contributed by atoms with van der Waals surface area (Å²) in [5.74, 6) is -0.0678. The van der Waals surface area contributed by atoms with Crippen LogP contribution >= 0.6 is 11.6 Å². The monoisotopic (exact) mass is 445 g/mol. The molecule has 0 bridgehead atoms. The second-order valence-electron chi connectivity index (χ2n) is 7.68. The minimum absolute atomic E-state index is 0.112. The van der Waals surface area contributed by atoms with E-state index in [4.69, 9.17) is 11.6 Å². The third-order valence-electron chi connectivity index (χ3n) is 5.42. The molecule has 2 atom stereocenters. The predicted molar refractivity (Wildman–Crippen MR) is 119 cm³/mol. The first-order valence-corrected chi connectivity index (χ1v) is 10.9. The molecular weight excluding hydrogens is 421 g/mol. The van der Waals surface area contributed by atoms with Gasteiger partial charge in [0.1, 0.15) is 5.65 Å². The van der Waals surface area contributed by atoms with Gasteiger partial charge in [0.05, 0.1) is 17.3 Å². The molecule has 0 aromatic carbocycles. The van der Waals surface area contributed by atoms with Gasteiger partial charge < -0.3 is 20.9 Å². The van der Waals surface area contributed by atoms with Gasteiger partial charge in [-0.1, -0.05) is 31.4 Å². The Hall–Kier alpha value is -2.94. The number of rotatable bonds is 6. The van der Waals surface area contributed by atoms with Crippen molar-refractivity contribution in [3.05, 3.63) is 35.5 Å². The first-order valence-electron chi connectivity index (χ1n) is 10.5. The van der Waals surface area contributed by atoms with Crippen molar-refractivity contribution < 1.29 is 9.18 Å². The number of fused-ring (bicyclic) bond motifs is 1. The first kappa shape index (κ1) is 21.3. The predicted octanol–water partition coefficient (Wildman–Crippen LogP) is 4.24. The Labute approximate surface area is 184 Å². The molecule has 0 saturated heterocycles. The molecule has 3 heterocycles. The average molecular weight is 446 g/mol. The van der Waals surface area contributed by atoms with Gasteiger partial charge in [-0.05, 0) is 25.3 Å². The van der Waals surface area contributed by atoms with Crippen LogP contribution in [0.3, 0.4) is 0 Å². The summed E-state index contributed by atoms with van der Waals surface area (Å²) in [5.41, 5.74) is 1.33. The molecule has 4 rings (SSSR count). The summed E-state index contributed by atoms with van der Waals surface area (Å²) in [7, 11) is 0. The van der Waals surface area contributed by atoms with E-state index >= 15 is 0 Å². The van der Waals surface area contributed by atoms with Crippen LogP contribution < -0.4 is 16.0 Å². The lowest BCUT2D eigenvalue weighted by Gasteiger charge is -2.33. The quantitative estimate of drug-likeness (QED) is 0.453. The van der Waals surface area contributed by atoms with E-state index in [-0.39, 0.29) is 23.9 Å². The van der Waals surface area contributed by atoms with E-state index in [1.54, 1.807) is 18.5 Å². The van der Waals surface area contributed by atoms with Crippen molar-refractivity contribution in [3.8, 4) is 11.4 Å². The number of nitrogens with one attached hydrogen (secondary N) is 4. The number of anilines is 1. The molecule has 8 nitrogen and oxygen atoms in total. The number of halogens is 2. The molecule has 0 radical (unpaired) electrons. The maximum Gasteiger partial charge on any atom is 0.315 e. The Balaban J connectivity index is 1.56. The number of aromatic amines is 1. The van der Waals surface area contributed by atoms with Gasteiger partial charge in [0.25, 0.3) is 0 Å². The van der Waals surface area contributed by atoms with E-state index in [0.29, 0.717) is 28.6 Å². The summed E-state index contributed by atoms with van der Waals surface area (Å²) in [6.07, 6.45) is 8.94. The fourth-order valence-electron chi connectivity index (χ4n) is 3.87. The smallest absolute Gasteiger partial charge is 0.315 e. The van der Waals surface area contributed by atoms with Crippen LogP contribution in [0.25, 0.3) is 22.4 Å². The number of pyridine rings is 1. The van der Waals surface area contributed by atoms with Crippen LogP contribution in [-0.4, -0.2) is 44.6 Å². The zero-order valence-electron chi connectivity index (χ0n) is 17.2. The Morgan fingerprint density at radius 1 is 1.26 bits per heavy atom. The highest BCUT2D eigenvalue weighted by Crippen LogP contribution is 2.29. The van der Waals surface area contributed by atoms with Gasteiger partial charge in [-0.3, -0.25) is 0 Å². The molecular formula is C21H25ClFN7O. The van der Waals surface area contributed by atoms with E-state index in [1.807, 2.05) is 6.92 Å². The van der Waals surface area contributed by atoms with Crippen LogP contribution in [0.5, 0.6) is 0 Å². The van der Waals surface area contributed by atoms with Crippen LogP contribution in [0.1, 0.15) is 39.0 Å². The summed E-state index contributed by atoms with van der Waals surface area (Å²) in [6.45, 7) is 2.61. The van der Waals surface area contributed by atoms with Gasteiger partial charge in [0.2, 0.25) is 0 Å². The molecule has 164 valence electrons. The van der Waals surface area contributed by atoms with Crippen LogP contribution in [0.2, 0.25) is 5.02 Å². The van der Waals surface area contributed by atoms with Crippen molar-refractivity contribution in [1.82, 2.24) is 30.6 Å². The summed E-state index contributed by atoms with van der Waals surface area (Å²) in [6, 6.07) is 1.33. The summed E-state index contributed by atoms with van der Waals surface area (Å²) < 4.78 is 14.6. The van der Waals surface area contributed by atoms with Crippen molar-refractivity contribution in [2.75, 3.05) is 11.9 Å². The molecule has 2 amide bonds. The van der Waals surface area contributed by atoms with E-state index in [2.05, 4.69) is 35.9 Å². The molecule has 10 heteroatoms. The second-order valence-corrected chi connectivity index (χ2v) is 8.12. The van der Waals surface area contributed by atoms with Crippen LogP contribution in [-0.2, 0) is 0 Å². The van der Waals surface area contributed by atoms with Crippen molar-refractivity contribution >= 4 is 34.5 Å². The number of carbonyl (C=O) groups excluding carboxylic acids is 1. The third-order valence-corrected chi connectivity index (χ3v) is 5.63. The van der Waals surface area contributed by atoms with E-state index < -0.39 is 5.82 Å². The first-order chi connectivity index (χ1) is 15.0. The molecule has 31 heavy (non-hydrogen) atoms. The standard InChI is InChI=1S/C21H25ClFN7O/c1-2-7-24-21(31)29-17-6-4-3-5-16(17)28-20-15(23)11-27-19(30-20)14-10-26-18-13(14)8-12(22)9-25-18/h8-11,16-17H,2-7H2,1H3,(H,25,26)(H2,24,29,31)(H,27,28,30)/t16-,17-/m0/s1. The molecule has 1 saturated carbocycles. The number of urea groups is 1. The zero-order chi connectivity index (χ0) is 21.8. The van der Waals surface area contributed by atoms with E-state index in [1.165, 1.54) is 0 Å². The number of carbonyl (C=O) groups is 1. The van der Waals surface area contributed by atoms with Crippen LogP contribution in [0.4, 0.5) is 15.0 Å². The molecule has 0 aliphatic heterocycles. The fourth-order valence-corrected chi connectivity index (χ4v) is 4.03. The van der Waals surface area contributed by atoms with Crippen LogP contribution in [0.15, 0.2) is 24.7 Å². The Morgan fingerprint density at radius 2 is 2.06 bits per heavy atom. The number of nitrogens with zero attached hydrogens (tertiary/aromatic N) is 3. The maximum atomic E-state index is 14.6. The SMILES string of the molecule is CCCNC(=O)N[C@H]1CCCC[C@@H]1Nc1nc(-c2c[nH]c3ncc(Cl)cc23)ncc1F. The Morgan fingerprint density at radius 3 is 2.87 bits per heavy atom. The lowest BCUT2D eigenvalue weighted by molar-refractivity contribution is 0.230. The van der Waals surface area contributed by atoms with E-state index in [9.17, 15) is 9.18 Å². The summed E-state index contributed by atoms with van der Waals surface area (Å²) in [5, 5.41) is 10.3. The van der Waals surface area contributed by atoms with Gasteiger partial charge in [-0.15, -0.1) is 0 Å². The molecule has 0 unspecified atom stereocenters. The summed E-state index contributed by atoms with van der Waals surface area (Å²) >= 11 is 6.08. The normalized spacial score (nSPS) is 18.7. The molecule has 4 N–H and O–H groups in total. The third kappa shape index (κ3) is 4.87. The summed E-state index contributed by atoms with van der Waals surface area (Å²) in [4.78, 5) is 28.0. The average Bonchev–Trinajstić information content (AvgIpc) is 3.18. The lowest BCUT2D eigenvalue weighted by atomic mass is 9.90. The minimum atomic E-state index is -0.542. The molecule has 0 spiro atoms. The largest absolute Gasteiger partial charge is 0.363 e. The van der Waals surface area contributed by atoms with Gasteiger partial charge in [-0.2, -0.15) is 0 Å². The van der Waals surface area contributed by atoms with Crippen molar-refractivity contribution in [3.63, 3.8) is 0 Å². The van der Waals surface area contributed by atoms with Crippen molar-refractivity contribution in [2.24, 2.45) is 0 Å². The topological polar surface area (TPSA) is 108 Å². The second kappa shape index (κ2) is 9.47. The highest BCUT2D eigenvalue weighted by Gasteiger charge is 2.28. The van der Waals surface area contributed by atoms with Gasteiger partial charge in [-0.25, -0.2) is 24.1 Å². The van der Waals surface area contributed by atoms with Gasteiger partial charge in [0.15, 0.2) is 17.5 Å². The van der Waals surface area contributed by atoms with E-state index in [0.717, 1.165) is 43.7 Å². The number of aromatic nitrogens is 4. The Bertz CT molecular complexity index is 1070. The van der Waals surface area contributed by atoms with Crippen molar-refractivity contribution in [1.29, 1.82) is 0 Å².